The third-order valence-corrected chi connectivity index (χ3v) is 7.40. The molecule has 2 N–H and O–H groups in total. The summed E-state index contributed by atoms with van der Waals surface area (Å²) in [4.78, 5) is 27.0. The van der Waals surface area contributed by atoms with Crippen molar-refractivity contribution >= 4 is 23.3 Å². The van der Waals surface area contributed by atoms with Gasteiger partial charge in [0, 0.05) is 30.9 Å². The number of benzene rings is 1. The van der Waals surface area contributed by atoms with Crippen LogP contribution in [0.4, 0.5) is 16.2 Å². The van der Waals surface area contributed by atoms with Crippen LogP contribution in [0.15, 0.2) is 24.3 Å². The van der Waals surface area contributed by atoms with Crippen LogP contribution in [0.3, 0.4) is 0 Å². The van der Waals surface area contributed by atoms with Crippen LogP contribution < -0.4 is 10.6 Å². The highest BCUT2D eigenvalue weighted by Gasteiger charge is 2.51. The lowest BCUT2D eigenvalue weighted by Crippen LogP contribution is -2.47. The minimum Gasteiger partial charge on any atom is -0.378 e. The Hall–Kier alpha value is -2.08. The van der Waals surface area contributed by atoms with E-state index in [4.69, 9.17) is 4.74 Å². The number of anilines is 2. The summed E-state index contributed by atoms with van der Waals surface area (Å²) in [6, 6.07) is 7.34. The van der Waals surface area contributed by atoms with E-state index in [9.17, 15) is 9.59 Å². The van der Waals surface area contributed by atoms with Gasteiger partial charge in [0.25, 0.3) is 0 Å². The molecule has 1 heterocycles. The highest BCUT2D eigenvalue weighted by atomic mass is 16.5. The number of amides is 3. The number of carbonyl (C=O) groups is 2. The third-order valence-electron chi connectivity index (χ3n) is 7.40. The van der Waals surface area contributed by atoms with Crippen molar-refractivity contribution in [2.45, 2.75) is 44.9 Å². The lowest BCUT2D eigenvalue weighted by molar-refractivity contribution is -0.124. The molecule has 5 aliphatic rings. The highest BCUT2D eigenvalue weighted by molar-refractivity contribution is 5.93. The Kier molecular flexibility index (Phi) is 4.98. The van der Waals surface area contributed by atoms with Crippen LogP contribution >= 0.6 is 0 Å². The average Bonchev–Trinajstić information content (AvgIpc) is 2.67. The quantitative estimate of drug-likeness (QED) is 0.804. The second kappa shape index (κ2) is 7.63. The third kappa shape index (κ3) is 4.13. The number of hydrogen-bond acceptors (Lipinski definition) is 3. The molecule has 0 aromatic heterocycles. The summed E-state index contributed by atoms with van der Waals surface area (Å²) in [7, 11) is 0. The number of carbonyl (C=O) groups excluding carboxylic acids is 2. The van der Waals surface area contributed by atoms with Crippen molar-refractivity contribution in [3.8, 4) is 0 Å². The van der Waals surface area contributed by atoms with Gasteiger partial charge in [-0.2, -0.15) is 0 Å². The first-order valence-electron chi connectivity index (χ1n) is 11.1. The Morgan fingerprint density at radius 1 is 0.966 bits per heavy atom. The second-order valence-electron chi connectivity index (χ2n) is 9.75. The van der Waals surface area contributed by atoms with Gasteiger partial charge >= 0.3 is 6.03 Å². The molecule has 6 nitrogen and oxygen atoms in total. The zero-order valence-corrected chi connectivity index (χ0v) is 17.0. The number of nitrogens with zero attached hydrogens (tertiary/aromatic N) is 1. The summed E-state index contributed by atoms with van der Waals surface area (Å²) in [6.07, 6.45) is 8.54. The number of rotatable bonds is 4. The molecule has 4 aliphatic carbocycles. The van der Waals surface area contributed by atoms with Crippen LogP contribution in [0.25, 0.3) is 0 Å². The zero-order chi connectivity index (χ0) is 19.8. The smallest absolute Gasteiger partial charge is 0.322 e. The highest BCUT2D eigenvalue weighted by Crippen LogP contribution is 2.61. The van der Waals surface area contributed by atoms with Gasteiger partial charge in [0.1, 0.15) is 0 Å². The summed E-state index contributed by atoms with van der Waals surface area (Å²) in [5, 5.41) is 6.02. The maximum atomic E-state index is 12.9. The van der Waals surface area contributed by atoms with Gasteiger partial charge < -0.3 is 20.3 Å². The number of nitrogens with one attached hydrogen (secondary N) is 2. The van der Waals surface area contributed by atoms with E-state index >= 15 is 0 Å². The van der Waals surface area contributed by atoms with Crippen LogP contribution in [0, 0.1) is 23.2 Å². The molecule has 5 fully saturated rings. The first kappa shape index (κ1) is 18.9. The fourth-order valence-corrected chi connectivity index (χ4v) is 6.70. The van der Waals surface area contributed by atoms with Crippen LogP contribution in [-0.4, -0.2) is 43.1 Å². The fraction of sp³-hybridized carbons (Fsp3) is 0.652. The molecule has 4 saturated carbocycles. The van der Waals surface area contributed by atoms with Crippen molar-refractivity contribution in [3.63, 3.8) is 0 Å². The molecule has 6 heteroatoms. The lowest BCUT2D eigenvalue weighted by Gasteiger charge is -2.56. The number of hydrogen-bond donors (Lipinski definition) is 2. The zero-order valence-electron chi connectivity index (χ0n) is 17.0. The largest absolute Gasteiger partial charge is 0.378 e. The molecule has 0 unspecified atom stereocenters. The minimum absolute atomic E-state index is 0.114. The first-order chi connectivity index (χ1) is 14.1. The van der Waals surface area contributed by atoms with Crippen molar-refractivity contribution in [1.82, 2.24) is 4.90 Å². The van der Waals surface area contributed by atoms with E-state index < -0.39 is 0 Å². The summed E-state index contributed by atoms with van der Waals surface area (Å²) in [5.41, 5.74) is 1.69. The Morgan fingerprint density at radius 3 is 2.17 bits per heavy atom. The van der Waals surface area contributed by atoms with Gasteiger partial charge in [-0.05, 0) is 79.9 Å². The molecule has 6 rings (SSSR count). The molecule has 0 radical (unpaired) electrons. The summed E-state index contributed by atoms with van der Waals surface area (Å²) >= 11 is 0. The van der Waals surface area contributed by atoms with Crippen LogP contribution in [0.5, 0.6) is 0 Å². The standard InChI is InChI=1S/C23H31N3O3/c27-21(15-23-12-16-8-17(13-23)10-18(9-16)14-23)24-19-2-1-3-20(11-19)25-22(28)26-4-6-29-7-5-26/h1-3,11,16-18H,4-10,12-15H2,(H,24,27)(H,25,28). The van der Waals surface area contributed by atoms with E-state index in [-0.39, 0.29) is 17.4 Å². The normalized spacial score (nSPS) is 32.8. The number of morpholine rings is 1. The molecule has 1 aromatic carbocycles. The van der Waals surface area contributed by atoms with E-state index in [2.05, 4.69) is 10.6 Å². The summed E-state index contributed by atoms with van der Waals surface area (Å²) < 4.78 is 5.29. The van der Waals surface area contributed by atoms with Crippen molar-refractivity contribution in [2.75, 3.05) is 36.9 Å². The predicted octanol–water partition coefficient (Wildman–Crippen LogP) is 4.10. The minimum atomic E-state index is -0.120. The molecule has 0 spiro atoms. The molecule has 4 bridgehead atoms. The molecule has 156 valence electrons. The molecule has 0 atom stereocenters. The molecule has 1 aromatic rings. The van der Waals surface area contributed by atoms with Gasteiger partial charge in [-0.1, -0.05) is 6.07 Å². The van der Waals surface area contributed by atoms with Gasteiger partial charge in [0.2, 0.25) is 5.91 Å². The maximum absolute atomic E-state index is 12.9. The van der Waals surface area contributed by atoms with E-state index in [1.807, 2.05) is 24.3 Å². The Balaban J connectivity index is 1.19. The Morgan fingerprint density at radius 2 is 1.55 bits per heavy atom. The number of urea groups is 1. The van der Waals surface area contributed by atoms with E-state index in [0.29, 0.717) is 38.4 Å². The van der Waals surface area contributed by atoms with E-state index in [0.717, 1.165) is 23.4 Å². The Bertz CT molecular complexity index is 752. The van der Waals surface area contributed by atoms with E-state index in [1.54, 1.807) is 4.90 Å². The lowest BCUT2D eigenvalue weighted by atomic mass is 9.49. The summed E-state index contributed by atoms with van der Waals surface area (Å²) in [5.74, 6) is 2.68. The second-order valence-corrected chi connectivity index (χ2v) is 9.75. The molecular formula is C23H31N3O3. The molecular weight excluding hydrogens is 366 g/mol. The van der Waals surface area contributed by atoms with Crippen LogP contribution in [0.1, 0.15) is 44.9 Å². The fourth-order valence-electron chi connectivity index (χ4n) is 6.70. The van der Waals surface area contributed by atoms with Crippen molar-refractivity contribution < 1.29 is 14.3 Å². The molecule has 1 aliphatic heterocycles. The van der Waals surface area contributed by atoms with Gasteiger partial charge in [-0.3, -0.25) is 4.79 Å². The van der Waals surface area contributed by atoms with Gasteiger partial charge in [-0.25, -0.2) is 4.79 Å². The number of ether oxygens (including phenoxy) is 1. The van der Waals surface area contributed by atoms with Gasteiger partial charge in [-0.15, -0.1) is 0 Å². The van der Waals surface area contributed by atoms with Crippen molar-refractivity contribution in [1.29, 1.82) is 0 Å². The SMILES string of the molecule is O=C(CC12CC3CC(CC(C3)C1)C2)Nc1cccc(NC(=O)N2CCOCC2)c1. The van der Waals surface area contributed by atoms with Gasteiger partial charge in [0.05, 0.1) is 13.2 Å². The molecule has 1 saturated heterocycles. The van der Waals surface area contributed by atoms with Crippen LogP contribution in [0.2, 0.25) is 0 Å². The topological polar surface area (TPSA) is 70.7 Å². The summed E-state index contributed by atoms with van der Waals surface area (Å²) in [6.45, 7) is 2.36. The van der Waals surface area contributed by atoms with Gasteiger partial charge in [0.15, 0.2) is 0 Å². The van der Waals surface area contributed by atoms with E-state index in [1.165, 1.54) is 38.5 Å². The van der Waals surface area contributed by atoms with Crippen LogP contribution in [-0.2, 0) is 9.53 Å². The van der Waals surface area contributed by atoms with Crippen molar-refractivity contribution in [3.05, 3.63) is 24.3 Å². The maximum Gasteiger partial charge on any atom is 0.322 e. The Labute approximate surface area is 172 Å². The van der Waals surface area contributed by atoms with Crippen molar-refractivity contribution in [2.24, 2.45) is 23.2 Å². The molecule has 29 heavy (non-hydrogen) atoms. The predicted molar refractivity (Wildman–Crippen MR) is 112 cm³/mol. The monoisotopic (exact) mass is 397 g/mol. The first-order valence-corrected chi connectivity index (χ1v) is 11.1. The average molecular weight is 398 g/mol. The molecule has 3 amide bonds.